The fourth-order valence-corrected chi connectivity index (χ4v) is 3.80. The molecule has 0 aliphatic carbocycles. The summed E-state index contributed by atoms with van der Waals surface area (Å²) in [5.74, 6) is 0. The first kappa shape index (κ1) is 17.8. The summed E-state index contributed by atoms with van der Waals surface area (Å²) in [4.78, 5) is 6.60. The van der Waals surface area contributed by atoms with Crippen LogP contribution in [0.25, 0.3) is 5.69 Å². The molecule has 1 atom stereocenters. The van der Waals surface area contributed by atoms with E-state index in [0.29, 0.717) is 12.1 Å². The van der Waals surface area contributed by atoms with Crippen molar-refractivity contribution in [3.63, 3.8) is 0 Å². The number of nitrogens with one attached hydrogen (secondary N) is 1. The third kappa shape index (κ3) is 4.57. The summed E-state index contributed by atoms with van der Waals surface area (Å²) in [6.07, 6.45) is 13.0. The number of piperidine rings is 1. The molecule has 6 nitrogen and oxygen atoms in total. The summed E-state index contributed by atoms with van der Waals surface area (Å²) < 4.78 is 4.04. The van der Waals surface area contributed by atoms with E-state index in [1.54, 1.807) is 0 Å². The molecule has 0 bridgehead atoms. The summed E-state index contributed by atoms with van der Waals surface area (Å²) in [6.45, 7) is 5.47. The molecule has 1 aliphatic rings. The summed E-state index contributed by atoms with van der Waals surface area (Å²) in [5, 5.41) is 8.08. The van der Waals surface area contributed by atoms with E-state index < -0.39 is 0 Å². The molecule has 0 amide bonds. The molecule has 0 spiro atoms. The van der Waals surface area contributed by atoms with E-state index in [0.717, 1.165) is 31.7 Å². The Hall–Kier alpha value is -2.60. The molecule has 0 unspecified atom stereocenters. The number of hydrogen-bond donors (Lipinski definition) is 1. The minimum atomic E-state index is 0.514. The largest absolute Gasteiger partial charge is 0.371 e. The molecule has 1 N–H and O–H groups in total. The number of anilines is 1. The van der Waals surface area contributed by atoms with Gasteiger partial charge < -0.3 is 14.8 Å². The van der Waals surface area contributed by atoms with Gasteiger partial charge in [0.25, 0.3) is 0 Å². The highest BCUT2D eigenvalue weighted by Crippen LogP contribution is 2.22. The van der Waals surface area contributed by atoms with Gasteiger partial charge in [-0.1, -0.05) is 0 Å². The van der Waals surface area contributed by atoms with Gasteiger partial charge in [0.15, 0.2) is 0 Å². The number of hydrogen-bond acceptors (Lipinski definition) is 4. The van der Waals surface area contributed by atoms with Crippen LogP contribution in [0.1, 0.15) is 26.2 Å². The number of nitrogens with zero attached hydrogens (tertiary/aromatic N) is 5. The van der Waals surface area contributed by atoms with Crippen LogP contribution in [0.2, 0.25) is 0 Å². The van der Waals surface area contributed by atoms with Crippen molar-refractivity contribution in [1.29, 1.82) is 0 Å². The molecule has 3 heterocycles. The highest BCUT2D eigenvalue weighted by atomic mass is 15.3. The molecule has 4 rings (SSSR count). The third-order valence-corrected chi connectivity index (χ3v) is 5.38. The first-order valence-corrected chi connectivity index (χ1v) is 9.85. The van der Waals surface area contributed by atoms with Crippen LogP contribution in [0, 0.1) is 0 Å². The van der Waals surface area contributed by atoms with E-state index in [-0.39, 0.29) is 0 Å². The Morgan fingerprint density at radius 3 is 2.52 bits per heavy atom. The van der Waals surface area contributed by atoms with Crippen molar-refractivity contribution in [2.45, 2.75) is 44.8 Å². The lowest BCUT2D eigenvalue weighted by Crippen LogP contribution is -2.45. The number of aryl methyl sites for hydroxylation is 1. The van der Waals surface area contributed by atoms with E-state index >= 15 is 0 Å². The lowest BCUT2D eigenvalue weighted by atomic mass is 10.0. The third-order valence-electron chi connectivity index (χ3n) is 5.38. The van der Waals surface area contributed by atoms with Crippen LogP contribution in [0.3, 0.4) is 0 Å². The lowest BCUT2D eigenvalue weighted by Gasteiger charge is -2.35. The minimum absolute atomic E-state index is 0.514. The second-order valence-corrected chi connectivity index (χ2v) is 7.37. The number of benzene rings is 1. The highest BCUT2D eigenvalue weighted by molar-refractivity contribution is 5.51. The molecule has 0 radical (unpaired) electrons. The Kier molecular flexibility index (Phi) is 5.53. The van der Waals surface area contributed by atoms with Gasteiger partial charge in [0.05, 0.1) is 6.33 Å². The van der Waals surface area contributed by atoms with E-state index in [9.17, 15) is 0 Å². The summed E-state index contributed by atoms with van der Waals surface area (Å²) in [7, 11) is 0. The summed E-state index contributed by atoms with van der Waals surface area (Å²) in [6, 6.07) is 11.9. The van der Waals surface area contributed by atoms with Crippen molar-refractivity contribution >= 4 is 5.69 Å². The van der Waals surface area contributed by atoms with Crippen LogP contribution >= 0.6 is 0 Å². The second kappa shape index (κ2) is 8.39. The average molecular weight is 364 g/mol. The van der Waals surface area contributed by atoms with Gasteiger partial charge in [0.1, 0.15) is 0 Å². The van der Waals surface area contributed by atoms with Crippen molar-refractivity contribution in [2.75, 3.05) is 18.0 Å². The maximum absolute atomic E-state index is 4.28. The Balaban J connectivity index is 1.23. The summed E-state index contributed by atoms with van der Waals surface area (Å²) >= 11 is 0. The van der Waals surface area contributed by atoms with Gasteiger partial charge in [-0.25, -0.2) is 4.98 Å². The van der Waals surface area contributed by atoms with E-state index in [1.807, 2.05) is 46.4 Å². The second-order valence-electron chi connectivity index (χ2n) is 7.37. The first-order chi connectivity index (χ1) is 13.3. The van der Waals surface area contributed by atoms with Gasteiger partial charge in [-0.2, -0.15) is 5.10 Å². The fraction of sp³-hybridized carbons (Fsp3) is 0.429. The molecular formula is C21H28N6. The molecule has 2 aromatic heterocycles. The van der Waals surface area contributed by atoms with Gasteiger partial charge in [0, 0.05) is 67.9 Å². The minimum Gasteiger partial charge on any atom is -0.371 e. The molecule has 0 saturated carbocycles. The van der Waals surface area contributed by atoms with E-state index in [2.05, 4.69) is 51.5 Å². The van der Waals surface area contributed by atoms with Gasteiger partial charge in [-0.05, 0) is 56.5 Å². The topological polar surface area (TPSA) is 50.9 Å². The predicted molar refractivity (Wildman–Crippen MR) is 108 cm³/mol. The predicted octanol–water partition coefficient (Wildman–Crippen LogP) is 3.11. The average Bonchev–Trinajstić information content (AvgIpc) is 3.41. The van der Waals surface area contributed by atoms with Gasteiger partial charge in [-0.3, -0.25) is 4.68 Å². The van der Waals surface area contributed by atoms with Crippen molar-refractivity contribution in [3.8, 4) is 5.69 Å². The van der Waals surface area contributed by atoms with Gasteiger partial charge >= 0.3 is 0 Å². The molecule has 1 fully saturated rings. The molecule has 1 aliphatic heterocycles. The smallest absolute Gasteiger partial charge is 0.0991 e. The van der Waals surface area contributed by atoms with Crippen LogP contribution in [-0.2, 0) is 6.54 Å². The molecule has 6 heteroatoms. The van der Waals surface area contributed by atoms with Gasteiger partial charge in [0.2, 0.25) is 0 Å². The maximum atomic E-state index is 4.28. The SMILES string of the molecule is C[C@@H](CCn1cccn1)NC1CCN(c2ccc(-n3ccnc3)cc2)CC1. The normalized spacial score (nSPS) is 16.6. The number of aromatic nitrogens is 4. The zero-order valence-corrected chi connectivity index (χ0v) is 15.9. The van der Waals surface area contributed by atoms with Crippen molar-refractivity contribution in [1.82, 2.24) is 24.6 Å². The zero-order valence-electron chi connectivity index (χ0n) is 15.9. The van der Waals surface area contributed by atoms with Crippen LogP contribution < -0.4 is 10.2 Å². The monoisotopic (exact) mass is 364 g/mol. The number of rotatable bonds is 7. The molecule has 27 heavy (non-hydrogen) atoms. The van der Waals surface area contributed by atoms with Crippen molar-refractivity contribution in [3.05, 3.63) is 61.4 Å². The van der Waals surface area contributed by atoms with Crippen LogP contribution in [0.5, 0.6) is 0 Å². The van der Waals surface area contributed by atoms with E-state index in [4.69, 9.17) is 0 Å². The molecule has 1 saturated heterocycles. The zero-order chi connectivity index (χ0) is 18.5. The Morgan fingerprint density at radius 1 is 1.07 bits per heavy atom. The highest BCUT2D eigenvalue weighted by Gasteiger charge is 2.20. The quantitative estimate of drug-likeness (QED) is 0.700. The van der Waals surface area contributed by atoms with Gasteiger partial charge in [-0.15, -0.1) is 0 Å². The molecule has 1 aromatic carbocycles. The Bertz CT molecular complexity index is 786. The van der Waals surface area contributed by atoms with Crippen molar-refractivity contribution < 1.29 is 0 Å². The van der Waals surface area contributed by atoms with Crippen molar-refractivity contribution in [2.24, 2.45) is 0 Å². The molecule has 3 aromatic rings. The Labute approximate surface area is 160 Å². The standard InChI is InChI=1S/C21H28N6/c1-18(7-15-27-12-2-10-23-27)24-19-8-13-25(14-9-19)20-3-5-21(6-4-20)26-16-11-22-17-26/h2-6,10-12,16-19,24H,7-9,13-15H2,1H3/t18-/m0/s1. The van der Waals surface area contributed by atoms with Crippen LogP contribution in [-0.4, -0.2) is 44.5 Å². The summed E-state index contributed by atoms with van der Waals surface area (Å²) in [5.41, 5.74) is 2.46. The lowest BCUT2D eigenvalue weighted by molar-refractivity contribution is 0.354. The molecule has 142 valence electrons. The van der Waals surface area contributed by atoms with Crippen LogP contribution in [0.15, 0.2) is 61.4 Å². The maximum Gasteiger partial charge on any atom is 0.0991 e. The number of imidazole rings is 1. The van der Waals surface area contributed by atoms with Crippen LogP contribution in [0.4, 0.5) is 5.69 Å². The van der Waals surface area contributed by atoms with E-state index in [1.165, 1.54) is 18.5 Å². The fourth-order valence-electron chi connectivity index (χ4n) is 3.80. The molecular weight excluding hydrogens is 336 g/mol. The first-order valence-electron chi connectivity index (χ1n) is 9.85. The Morgan fingerprint density at radius 2 is 1.85 bits per heavy atom.